The Hall–Kier alpha value is -0.630. The Labute approximate surface area is 92.4 Å². The third-order valence-electron chi connectivity index (χ3n) is 3.00. The molecule has 0 amide bonds. The van der Waals surface area contributed by atoms with Gasteiger partial charge in [0.2, 0.25) is 0 Å². The molecular formula is C11H21N3O. The fraction of sp³-hybridized carbons (Fsp3) is 0.909. The van der Waals surface area contributed by atoms with Crippen molar-refractivity contribution in [1.82, 2.24) is 9.80 Å². The lowest BCUT2D eigenvalue weighted by atomic mass is 10.2. The minimum absolute atomic E-state index is 0.106. The van der Waals surface area contributed by atoms with Crippen molar-refractivity contribution in [3.8, 4) is 6.07 Å². The maximum absolute atomic E-state index is 8.96. The molecule has 1 heterocycles. The molecular weight excluding hydrogens is 190 g/mol. The van der Waals surface area contributed by atoms with Gasteiger partial charge in [-0.2, -0.15) is 5.26 Å². The van der Waals surface area contributed by atoms with Crippen molar-refractivity contribution in [2.75, 3.05) is 46.4 Å². The predicted octanol–water partition coefficient (Wildman–Crippen LogP) is 0.553. The molecule has 0 aromatic heterocycles. The second-order valence-corrected chi connectivity index (χ2v) is 3.92. The minimum atomic E-state index is 0.106. The summed E-state index contributed by atoms with van der Waals surface area (Å²) in [6.45, 7) is 8.02. The van der Waals surface area contributed by atoms with Crippen LogP contribution >= 0.6 is 0 Å². The Balaban J connectivity index is 2.26. The van der Waals surface area contributed by atoms with Crippen LogP contribution in [-0.4, -0.2) is 62.3 Å². The van der Waals surface area contributed by atoms with Crippen molar-refractivity contribution in [1.29, 1.82) is 5.26 Å². The summed E-state index contributed by atoms with van der Waals surface area (Å²) in [5.74, 6) is 0. The van der Waals surface area contributed by atoms with E-state index in [4.69, 9.17) is 10.00 Å². The van der Waals surface area contributed by atoms with Crippen LogP contribution in [0.1, 0.15) is 13.3 Å². The number of nitrogens with zero attached hydrogens (tertiary/aromatic N) is 3. The number of piperazine rings is 1. The minimum Gasteiger partial charge on any atom is -0.383 e. The highest BCUT2D eigenvalue weighted by Crippen LogP contribution is 2.08. The SMILES string of the molecule is CCC(C#N)N1CCN(CCOC)CC1. The molecule has 1 fully saturated rings. The maximum Gasteiger partial charge on any atom is 0.0976 e. The standard InChI is InChI=1S/C11H21N3O/c1-3-11(10-12)14-6-4-13(5-7-14)8-9-15-2/h11H,3-9H2,1-2H3. The van der Waals surface area contributed by atoms with Gasteiger partial charge in [-0.15, -0.1) is 0 Å². The van der Waals surface area contributed by atoms with Gasteiger partial charge < -0.3 is 4.74 Å². The molecule has 1 rings (SSSR count). The van der Waals surface area contributed by atoms with Gasteiger partial charge >= 0.3 is 0 Å². The molecule has 1 unspecified atom stereocenters. The first-order chi connectivity index (χ1) is 7.31. The Morgan fingerprint density at radius 3 is 2.47 bits per heavy atom. The van der Waals surface area contributed by atoms with Crippen LogP contribution < -0.4 is 0 Å². The molecule has 0 radical (unpaired) electrons. The Morgan fingerprint density at radius 2 is 2.00 bits per heavy atom. The summed E-state index contributed by atoms with van der Waals surface area (Å²) in [7, 11) is 1.74. The Bertz CT molecular complexity index is 206. The molecule has 1 aliphatic rings. The van der Waals surface area contributed by atoms with Crippen molar-refractivity contribution in [3.05, 3.63) is 0 Å². The van der Waals surface area contributed by atoms with E-state index in [0.717, 1.165) is 45.8 Å². The highest BCUT2D eigenvalue weighted by Gasteiger charge is 2.21. The fourth-order valence-corrected chi connectivity index (χ4v) is 1.95. The van der Waals surface area contributed by atoms with Crippen molar-refractivity contribution >= 4 is 0 Å². The number of nitriles is 1. The van der Waals surface area contributed by atoms with E-state index in [2.05, 4.69) is 22.8 Å². The second kappa shape index (κ2) is 6.78. The first-order valence-electron chi connectivity index (χ1n) is 5.66. The summed E-state index contributed by atoms with van der Waals surface area (Å²) in [6, 6.07) is 2.47. The first-order valence-corrected chi connectivity index (χ1v) is 5.66. The van der Waals surface area contributed by atoms with E-state index < -0.39 is 0 Å². The van der Waals surface area contributed by atoms with Gasteiger partial charge in [0.15, 0.2) is 0 Å². The largest absolute Gasteiger partial charge is 0.383 e. The number of hydrogen-bond acceptors (Lipinski definition) is 4. The molecule has 1 aliphatic heterocycles. The van der Waals surface area contributed by atoms with Crippen LogP contribution in [0.3, 0.4) is 0 Å². The molecule has 0 aliphatic carbocycles. The van der Waals surface area contributed by atoms with E-state index in [9.17, 15) is 0 Å². The molecule has 15 heavy (non-hydrogen) atoms. The molecule has 0 aromatic rings. The van der Waals surface area contributed by atoms with Crippen LogP contribution in [0.15, 0.2) is 0 Å². The fourth-order valence-electron chi connectivity index (χ4n) is 1.95. The molecule has 0 N–H and O–H groups in total. The summed E-state index contributed by atoms with van der Waals surface area (Å²) in [5.41, 5.74) is 0. The third-order valence-corrected chi connectivity index (χ3v) is 3.00. The van der Waals surface area contributed by atoms with Crippen molar-refractivity contribution < 1.29 is 4.74 Å². The molecule has 0 bridgehead atoms. The highest BCUT2D eigenvalue weighted by atomic mass is 16.5. The summed E-state index contributed by atoms with van der Waals surface area (Å²) < 4.78 is 5.05. The lowest BCUT2D eigenvalue weighted by Crippen LogP contribution is -2.50. The van der Waals surface area contributed by atoms with Gasteiger partial charge in [0.05, 0.1) is 18.7 Å². The topological polar surface area (TPSA) is 39.5 Å². The average molecular weight is 211 g/mol. The number of ether oxygens (including phenoxy) is 1. The van der Waals surface area contributed by atoms with Crippen molar-refractivity contribution in [2.45, 2.75) is 19.4 Å². The van der Waals surface area contributed by atoms with Crippen molar-refractivity contribution in [2.24, 2.45) is 0 Å². The maximum atomic E-state index is 8.96. The lowest BCUT2D eigenvalue weighted by Gasteiger charge is -2.36. The lowest BCUT2D eigenvalue weighted by molar-refractivity contribution is 0.0854. The van der Waals surface area contributed by atoms with Gasteiger partial charge in [0.1, 0.15) is 0 Å². The van der Waals surface area contributed by atoms with E-state index in [1.807, 2.05) is 0 Å². The van der Waals surface area contributed by atoms with Crippen LogP contribution in [0.25, 0.3) is 0 Å². The van der Waals surface area contributed by atoms with Gasteiger partial charge in [-0.1, -0.05) is 6.92 Å². The van der Waals surface area contributed by atoms with Crippen molar-refractivity contribution in [3.63, 3.8) is 0 Å². The second-order valence-electron chi connectivity index (χ2n) is 3.92. The van der Waals surface area contributed by atoms with Crippen LogP contribution in [0, 0.1) is 11.3 Å². The van der Waals surface area contributed by atoms with Crippen LogP contribution in [0.4, 0.5) is 0 Å². The van der Waals surface area contributed by atoms with E-state index in [0.29, 0.717) is 0 Å². The number of methoxy groups -OCH3 is 1. The third kappa shape index (κ3) is 3.78. The Morgan fingerprint density at radius 1 is 1.33 bits per heavy atom. The number of rotatable bonds is 5. The van der Waals surface area contributed by atoms with Gasteiger partial charge in [-0.25, -0.2) is 0 Å². The zero-order valence-corrected chi connectivity index (χ0v) is 9.78. The molecule has 4 nitrogen and oxygen atoms in total. The van der Waals surface area contributed by atoms with Gasteiger partial charge in [-0.05, 0) is 6.42 Å². The molecule has 4 heteroatoms. The van der Waals surface area contributed by atoms with E-state index in [1.54, 1.807) is 7.11 Å². The molecule has 86 valence electrons. The quantitative estimate of drug-likeness (QED) is 0.666. The first kappa shape index (κ1) is 12.4. The summed E-state index contributed by atoms with van der Waals surface area (Å²) in [5, 5.41) is 8.96. The van der Waals surface area contributed by atoms with E-state index >= 15 is 0 Å². The monoisotopic (exact) mass is 211 g/mol. The van der Waals surface area contributed by atoms with Gasteiger partial charge in [0.25, 0.3) is 0 Å². The molecule has 0 spiro atoms. The molecule has 0 saturated carbocycles. The zero-order valence-electron chi connectivity index (χ0n) is 9.78. The normalized spacial score (nSPS) is 21.1. The molecule has 1 saturated heterocycles. The smallest absolute Gasteiger partial charge is 0.0976 e. The van der Waals surface area contributed by atoms with Gasteiger partial charge in [0, 0.05) is 39.8 Å². The van der Waals surface area contributed by atoms with Gasteiger partial charge in [-0.3, -0.25) is 9.80 Å². The summed E-state index contributed by atoms with van der Waals surface area (Å²) in [4.78, 5) is 4.67. The molecule has 1 atom stereocenters. The Kier molecular flexibility index (Phi) is 5.62. The molecule has 0 aromatic carbocycles. The van der Waals surface area contributed by atoms with E-state index in [1.165, 1.54) is 0 Å². The van der Waals surface area contributed by atoms with Crippen LogP contribution in [-0.2, 0) is 4.74 Å². The predicted molar refractivity (Wildman–Crippen MR) is 59.6 cm³/mol. The summed E-state index contributed by atoms with van der Waals surface area (Å²) in [6.07, 6.45) is 0.925. The number of hydrogen-bond donors (Lipinski definition) is 0. The zero-order chi connectivity index (χ0) is 11.1. The summed E-state index contributed by atoms with van der Waals surface area (Å²) >= 11 is 0. The van der Waals surface area contributed by atoms with Crippen LogP contribution in [0.2, 0.25) is 0 Å². The van der Waals surface area contributed by atoms with E-state index in [-0.39, 0.29) is 6.04 Å². The van der Waals surface area contributed by atoms with Crippen LogP contribution in [0.5, 0.6) is 0 Å². The highest BCUT2D eigenvalue weighted by molar-refractivity contribution is 4.92. The average Bonchev–Trinajstić information content (AvgIpc) is 2.29.